The van der Waals surface area contributed by atoms with Crippen LogP contribution in [-0.2, 0) is 10.0 Å². The second-order valence-electron chi connectivity index (χ2n) is 6.15. The molecule has 0 aliphatic carbocycles. The van der Waals surface area contributed by atoms with Crippen LogP contribution in [0.5, 0.6) is 5.75 Å². The number of nitrogens with one attached hydrogen (secondary N) is 2. The average Bonchev–Trinajstić information content (AvgIpc) is 2.66. The van der Waals surface area contributed by atoms with Gasteiger partial charge in [-0.3, -0.25) is 4.99 Å². The highest BCUT2D eigenvalue weighted by atomic mass is 32.2. The number of hydrogen-bond donors (Lipinski definition) is 2. The molecule has 1 aromatic carbocycles. The molecule has 1 aliphatic heterocycles. The van der Waals surface area contributed by atoms with Crippen LogP contribution in [0.1, 0.15) is 26.7 Å². The zero-order valence-corrected chi connectivity index (χ0v) is 16.5. The standard InChI is InChI=1S/C18H30N4O3S/c1-3-19-18(20-12-13-21-26(23,24)4-2)22-14-10-17(11-15-22)25-16-8-6-5-7-9-16/h5-9,17,21H,3-4,10-15H2,1-2H3,(H,19,20). The molecule has 2 N–H and O–H groups in total. The van der Waals surface area contributed by atoms with Crippen molar-refractivity contribution in [1.82, 2.24) is 14.9 Å². The van der Waals surface area contributed by atoms with Gasteiger partial charge in [-0.15, -0.1) is 0 Å². The maximum Gasteiger partial charge on any atom is 0.211 e. The summed E-state index contributed by atoms with van der Waals surface area (Å²) in [4.78, 5) is 6.76. The number of sulfonamides is 1. The summed E-state index contributed by atoms with van der Waals surface area (Å²) in [5.41, 5.74) is 0. The fraction of sp³-hybridized carbons (Fsp3) is 0.611. The number of nitrogens with zero attached hydrogens (tertiary/aromatic N) is 2. The number of guanidine groups is 1. The number of rotatable bonds is 8. The molecule has 0 bridgehead atoms. The van der Waals surface area contributed by atoms with Gasteiger partial charge in [0.15, 0.2) is 5.96 Å². The minimum Gasteiger partial charge on any atom is -0.490 e. The third kappa shape index (κ3) is 6.84. The van der Waals surface area contributed by atoms with Crippen LogP contribution in [-0.4, -0.2) is 63.9 Å². The van der Waals surface area contributed by atoms with E-state index in [0.29, 0.717) is 13.1 Å². The van der Waals surface area contributed by atoms with Crippen LogP contribution in [0, 0.1) is 0 Å². The van der Waals surface area contributed by atoms with Crippen molar-refractivity contribution < 1.29 is 13.2 Å². The lowest BCUT2D eigenvalue weighted by Crippen LogP contribution is -2.47. The molecule has 1 aromatic rings. The highest BCUT2D eigenvalue weighted by molar-refractivity contribution is 7.89. The van der Waals surface area contributed by atoms with Crippen molar-refractivity contribution in [3.8, 4) is 5.75 Å². The molecule has 2 rings (SSSR count). The Morgan fingerprint density at radius 2 is 1.92 bits per heavy atom. The second kappa shape index (κ2) is 10.4. The first kappa shape index (κ1) is 20.5. The molecule has 1 saturated heterocycles. The molecule has 0 saturated carbocycles. The topological polar surface area (TPSA) is 83.0 Å². The maximum atomic E-state index is 11.5. The minimum atomic E-state index is -3.16. The Hall–Kier alpha value is -1.80. The van der Waals surface area contributed by atoms with Gasteiger partial charge in [0.2, 0.25) is 10.0 Å². The van der Waals surface area contributed by atoms with Crippen LogP contribution in [0.3, 0.4) is 0 Å². The van der Waals surface area contributed by atoms with Gasteiger partial charge in [-0.2, -0.15) is 0 Å². The molecule has 146 valence electrons. The van der Waals surface area contributed by atoms with E-state index in [-0.39, 0.29) is 11.9 Å². The van der Waals surface area contributed by atoms with Gasteiger partial charge in [-0.1, -0.05) is 18.2 Å². The first-order valence-electron chi connectivity index (χ1n) is 9.26. The zero-order chi connectivity index (χ0) is 18.8. The summed E-state index contributed by atoms with van der Waals surface area (Å²) in [5, 5.41) is 3.29. The lowest BCUT2D eigenvalue weighted by molar-refractivity contribution is 0.129. The van der Waals surface area contributed by atoms with Gasteiger partial charge in [-0.05, 0) is 26.0 Å². The SMILES string of the molecule is CCNC(=NCCNS(=O)(=O)CC)N1CCC(Oc2ccccc2)CC1. The number of likely N-dealkylation sites (tertiary alicyclic amines) is 1. The Kier molecular flexibility index (Phi) is 8.18. The summed E-state index contributed by atoms with van der Waals surface area (Å²) in [5.74, 6) is 1.84. The van der Waals surface area contributed by atoms with Crippen LogP contribution in [0.25, 0.3) is 0 Å². The third-order valence-corrected chi connectivity index (χ3v) is 5.60. The molecule has 0 aromatic heterocycles. The van der Waals surface area contributed by atoms with E-state index in [4.69, 9.17) is 4.74 Å². The van der Waals surface area contributed by atoms with E-state index in [1.54, 1.807) is 6.92 Å². The Balaban J connectivity index is 1.82. The van der Waals surface area contributed by atoms with Gasteiger partial charge in [0, 0.05) is 39.0 Å². The number of ether oxygens (including phenoxy) is 1. The maximum absolute atomic E-state index is 11.5. The van der Waals surface area contributed by atoms with Crippen molar-refractivity contribution in [2.24, 2.45) is 4.99 Å². The van der Waals surface area contributed by atoms with Crippen LogP contribution in [0.2, 0.25) is 0 Å². The Morgan fingerprint density at radius 3 is 2.54 bits per heavy atom. The van der Waals surface area contributed by atoms with Crippen molar-refractivity contribution in [1.29, 1.82) is 0 Å². The number of piperidine rings is 1. The quantitative estimate of drug-likeness (QED) is 0.404. The average molecular weight is 383 g/mol. The molecule has 0 spiro atoms. The summed E-state index contributed by atoms with van der Waals surface area (Å²) in [6.45, 7) is 6.90. The van der Waals surface area contributed by atoms with E-state index < -0.39 is 10.0 Å². The van der Waals surface area contributed by atoms with Gasteiger partial charge in [0.1, 0.15) is 11.9 Å². The number of hydrogen-bond acceptors (Lipinski definition) is 4. The van der Waals surface area contributed by atoms with E-state index in [0.717, 1.165) is 44.2 Å². The fourth-order valence-electron chi connectivity index (χ4n) is 2.77. The van der Waals surface area contributed by atoms with E-state index >= 15 is 0 Å². The van der Waals surface area contributed by atoms with Crippen molar-refractivity contribution in [2.45, 2.75) is 32.8 Å². The van der Waals surface area contributed by atoms with Crippen molar-refractivity contribution >= 4 is 16.0 Å². The molecule has 0 unspecified atom stereocenters. The smallest absolute Gasteiger partial charge is 0.211 e. The Bertz CT molecular complexity index is 656. The monoisotopic (exact) mass is 382 g/mol. The molecule has 1 fully saturated rings. The molecular formula is C18H30N4O3S. The predicted molar refractivity (Wildman–Crippen MR) is 105 cm³/mol. The molecule has 1 aliphatic rings. The largest absolute Gasteiger partial charge is 0.490 e. The zero-order valence-electron chi connectivity index (χ0n) is 15.6. The molecule has 0 atom stereocenters. The molecule has 8 heteroatoms. The third-order valence-electron chi connectivity index (χ3n) is 4.20. The molecule has 26 heavy (non-hydrogen) atoms. The van der Waals surface area contributed by atoms with Crippen LogP contribution < -0.4 is 14.8 Å². The minimum absolute atomic E-state index is 0.0890. The molecule has 0 radical (unpaired) electrons. The van der Waals surface area contributed by atoms with Crippen molar-refractivity contribution in [3.63, 3.8) is 0 Å². The summed E-state index contributed by atoms with van der Waals surface area (Å²) in [6, 6.07) is 9.90. The highest BCUT2D eigenvalue weighted by Crippen LogP contribution is 2.18. The summed E-state index contributed by atoms with van der Waals surface area (Å²) in [6.07, 6.45) is 2.08. The second-order valence-corrected chi connectivity index (χ2v) is 8.25. The first-order chi connectivity index (χ1) is 12.5. The summed E-state index contributed by atoms with van der Waals surface area (Å²) in [7, 11) is -3.16. The summed E-state index contributed by atoms with van der Waals surface area (Å²) >= 11 is 0. The van der Waals surface area contributed by atoms with E-state index in [2.05, 4.69) is 19.9 Å². The molecular weight excluding hydrogens is 352 g/mol. The van der Waals surface area contributed by atoms with E-state index in [1.807, 2.05) is 37.3 Å². The van der Waals surface area contributed by atoms with Gasteiger partial charge >= 0.3 is 0 Å². The van der Waals surface area contributed by atoms with Gasteiger partial charge < -0.3 is 15.0 Å². The van der Waals surface area contributed by atoms with E-state index in [1.165, 1.54) is 0 Å². The lowest BCUT2D eigenvalue weighted by Gasteiger charge is -2.34. The van der Waals surface area contributed by atoms with Gasteiger partial charge in [0.05, 0.1) is 12.3 Å². The number of benzene rings is 1. The number of aliphatic imine (C=N–C) groups is 1. The van der Waals surface area contributed by atoms with Crippen LogP contribution in [0.4, 0.5) is 0 Å². The van der Waals surface area contributed by atoms with Crippen molar-refractivity contribution in [2.75, 3.05) is 38.5 Å². The Morgan fingerprint density at radius 1 is 1.23 bits per heavy atom. The Labute approximate surface area is 156 Å². The van der Waals surface area contributed by atoms with Gasteiger partial charge in [0.25, 0.3) is 0 Å². The highest BCUT2D eigenvalue weighted by Gasteiger charge is 2.22. The van der Waals surface area contributed by atoms with Gasteiger partial charge in [-0.25, -0.2) is 13.1 Å². The molecule has 0 amide bonds. The van der Waals surface area contributed by atoms with Crippen LogP contribution in [0.15, 0.2) is 35.3 Å². The van der Waals surface area contributed by atoms with E-state index in [9.17, 15) is 8.42 Å². The summed E-state index contributed by atoms with van der Waals surface area (Å²) < 4.78 is 31.5. The predicted octanol–water partition coefficient (Wildman–Crippen LogP) is 1.43. The number of para-hydroxylation sites is 1. The first-order valence-corrected chi connectivity index (χ1v) is 10.9. The van der Waals surface area contributed by atoms with Crippen LogP contribution >= 0.6 is 0 Å². The normalized spacial score (nSPS) is 16.5. The van der Waals surface area contributed by atoms with Crippen molar-refractivity contribution in [3.05, 3.63) is 30.3 Å². The fourth-order valence-corrected chi connectivity index (χ4v) is 3.37. The lowest BCUT2D eigenvalue weighted by atomic mass is 10.1. The molecule has 7 nitrogen and oxygen atoms in total. The molecule has 1 heterocycles.